The molecular weight excluding hydrogens is 707 g/mol. The molecule has 0 heterocycles. The molecule has 0 bridgehead atoms. The van der Waals surface area contributed by atoms with E-state index in [9.17, 15) is 0 Å². The summed E-state index contributed by atoms with van der Waals surface area (Å²) in [5.74, 6) is 0.575. The Labute approximate surface area is 315 Å². The van der Waals surface area contributed by atoms with Crippen LogP contribution in [0.15, 0.2) is 78.9 Å². The zero-order chi connectivity index (χ0) is 31.6. The van der Waals surface area contributed by atoms with Crippen molar-refractivity contribution in [3.8, 4) is 22.3 Å². The van der Waals surface area contributed by atoms with Gasteiger partial charge in [0.05, 0.1) is 0 Å². The zero-order valence-corrected chi connectivity index (χ0v) is 35.5. The molecule has 0 unspecified atom stereocenters. The first kappa shape index (κ1) is 44.8. The van der Waals surface area contributed by atoms with Crippen molar-refractivity contribution in [2.24, 2.45) is 0 Å². The molecule has 0 aliphatic rings. The van der Waals surface area contributed by atoms with Crippen LogP contribution in [0.1, 0.15) is 69.8 Å². The molecule has 0 atom stereocenters. The molecule has 4 heteroatoms. The van der Waals surface area contributed by atoms with Gasteiger partial charge in [-0.05, 0) is 80.8 Å². The first-order valence-corrected chi connectivity index (χ1v) is 19.4. The Morgan fingerprint density at radius 3 is 1.49 bits per heavy atom. The standard InChI is InChI=1S/C21H23.C20H21.2CH3.2ClH.Si.Zr/c1-13(2)18-11-17-7-6-8-19(20(17)12-18)21-15(4)9-14(3)10-16(21)5;1-12-8-15(4)20(16(5)9-12)17-7-6-14(3)18-10-13(2)11-19(17)18;;;;;;/h6-13H,1-5H3;6-11H,1-5H3;2*1H3;2*1H;;/q4*-1;;;;. The minimum atomic E-state index is 0. The molecule has 0 N–H and O–H groups in total. The summed E-state index contributed by atoms with van der Waals surface area (Å²) in [5, 5.41) is 5.52. The predicted octanol–water partition coefficient (Wildman–Crippen LogP) is 13.4. The van der Waals surface area contributed by atoms with Crippen molar-refractivity contribution < 1.29 is 23.3 Å². The molecule has 250 valence electrons. The van der Waals surface area contributed by atoms with E-state index < -0.39 is 0 Å². The number of rotatable bonds is 3. The van der Waals surface area contributed by atoms with Gasteiger partial charge in [-0.25, -0.2) is 0 Å². The van der Waals surface area contributed by atoms with Crippen molar-refractivity contribution in [1.29, 1.82) is 0 Å². The number of fused-ring (bicyclic) bond motifs is 2. The van der Waals surface area contributed by atoms with Gasteiger partial charge in [-0.2, -0.15) is 12.1 Å². The average molecular weight is 759 g/mol. The maximum atomic E-state index is 3.06. The van der Waals surface area contributed by atoms with Crippen LogP contribution in [0, 0.1) is 70.2 Å². The molecule has 6 rings (SSSR count). The van der Waals surface area contributed by atoms with Crippen LogP contribution in [-0.2, 0) is 23.3 Å². The molecule has 0 fully saturated rings. The molecule has 0 nitrogen and oxygen atoms in total. The Bertz CT molecular complexity index is 1880. The van der Waals surface area contributed by atoms with Crippen molar-refractivity contribution >= 4 is 53.2 Å². The molecule has 0 amide bonds. The summed E-state index contributed by atoms with van der Waals surface area (Å²) in [4.78, 5) is 0. The summed E-state index contributed by atoms with van der Waals surface area (Å²) in [6.45, 7) is 25.2. The summed E-state index contributed by atoms with van der Waals surface area (Å²) < 4.78 is 0. The normalized spacial score (nSPS) is 10.0. The molecule has 0 saturated carbocycles. The first-order valence-electron chi connectivity index (χ1n) is 15.2. The van der Waals surface area contributed by atoms with E-state index in [2.05, 4.69) is 155 Å². The fourth-order valence-electron chi connectivity index (χ4n) is 6.83. The number of benzene rings is 4. The molecule has 0 aromatic heterocycles. The summed E-state index contributed by atoms with van der Waals surface area (Å²) in [6.07, 6.45) is 0. The summed E-state index contributed by atoms with van der Waals surface area (Å²) in [6, 6.07) is 29.6. The fourth-order valence-corrected chi connectivity index (χ4v) is 6.83. The molecule has 0 saturated heterocycles. The minimum absolute atomic E-state index is 0. The van der Waals surface area contributed by atoms with E-state index in [4.69, 9.17) is 0 Å². The van der Waals surface area contributed by atoms with Crippen molar-refractivity contribution in [2.75, 3.05) is 0 Å². The van der Waals surface area contributed by atoms with E-state index in [1.54, 1.807) is 0 Å². The van der Waals surface area contributed by atoms with Gasteiger partial charge in [0.15, 0.2) is 0 Å². The van der Waals surface area contributed by atoms with Gasteiger partial charge >= 0.3 is 30.2 Å². The van der Waals surface area contributed by atoms with Gasteiger partial charge in [-0.15, -0.1) is 93.4 Å². The second kappa shape index (κ2) is 19.1. The number of halogens is 2. The topological polar surface area (TPSA) is 0 Å². The van der Waals surface area contributed by atoms with E-state index >= 15 is 0 Å². The molecule has 0 aliphatic heterocycles. The Morgan fingerprint density at radius 2 is 1.02 bits per heavy atom. The van der Waals surface area contributed by atoms with Gasteiger partial charge < -0.3 is 14.9 Å². The van der Waals surface area contributed by atoms with Crippen LogP contribution in [0.3, 0.4) is 0 Å². The van der Waals surface area contributed by atoms with E-state index in [1.165, 1.54) is 117 Å². The van der Waals surface area contributed by atoms with Crippen LogP contribution in [0.4, 0.5) is 0 Å². The van der Waals surface area contributed by atoms with Crippen molar-refractivity contribution in [1.82, 2.24) is 0 Å². The van der Waals surface area contributed by atoms with E-state index in [1.807, 2.05) is 0 Å². The van der Waals surface area contributed by atoms with E-state index in [0.29, 0.717) is 5.92 Å². The van der Waals surface area contributed by atoms with Crippen LogP contribution in [0.25, 0.3) is 43.8 Å². The predicted molar refractivity (Wildman–Crippen MR) is 215 cm³/mol. The molecule has 0 aliphatic carbocycles. The van der Waals surface area contributed by atoms with Crippen LogP contribution in [0.2, 0.25) is 0 Å². The SMILES string of the molecule is Cc1cc(C)c(-c2ccc(C)c3[cH-]c(C)cc23)c(C)c1.Cc1cc(C)c(-c2cccc3[cH-]c(C(C)C)cc23)c(C)c1.Cl.Cl.[CH3-].[CH3-].[Si]=[Zr]. The van der Waals surface area contributed by atoms with Gasteiger partial charge in [0, 0.05) is 0 Å². The van der Waals surface area contributed by atoms with Gasteiger partial charge in [0.2, 0.25) is 0 Å². The average Bonchev–Trinajstić information content (AvgIpc) is 3.55. The Kier molecular flexibility index (Phi) is 18.2. The molecular formula is C43H52Cl2SiZr-4. The second-order valence-electron chi connectivity index (χ2n) is 12.6. The monoisotopic (exact) mass is 756 g/mol. The van der Waals surface area contributed by atoms with Gasteiger partial charge in [0.25, 0.3) is 0 Å². The number of hydrogen-bond acceptors (Lipinski definition) is 0. The van der Waals surface area contributed by atoms with E-state index in [0.717, 1.165) is 0 Å². The fraction of sp³-hybridized carbons (Fsp3) is 0.256. The van der Waals surface area contributed by atoms with Crippen LogP contribution >= 0.6 is 24.8 Å². The van der Waals surface area contributed by atoms with E-state index in [-0.39, 0.29) is 39.7 Å². The Balaban J connectivity index is 0.000000792. The molecule has 6 aromatic carbocycles. The molecule has 47 heavy (non-hydrogen) atoms. The maximum absolute atomic E-state index is 3.06. The third-order valence-corrected chi connectivity index (χ3v) is 8.58. The molecule has 2 radical (unpaired) electrons. The van der Waals surface area contributed by atoms with Gasteiger partial charge in [-0.3, -0.25) is 0 Å². The zero-order valence-electron chi connectivity index (χ0n) is 30.4. The van der Waals surface area contributed by atoms with Crippen molar-refractivity contribution in [3.63, 3.8) is 0 Å². The quantitative estimate of drug-likeness (QED) is 0.125. The summed E-state index contributed by atoms with van der Waals surface area (Å²) in [7, 11) is 0. The number of hydrogen-bond donors (Lipinski definition) is 0. The Morgan fingerprint density at radius 1 is 0.553 bits per heavy atom. The number of aryl methyl sites for hydroxylation is 8. The van der Waals surface area contributed by atoms with Gasteiger partial charge in [-0.1, -0.05) is 86.3 Å². The van der Waals surface area contributed by atoms with Crippen molar-refractivity contribution in [3.05, 3.63) is 144 Å². The third kappa shape index (κ3) is 9.70. The van der Waals surface area contributed by atoms with Gasteiger partial charge in [0.1, 0.15) is 0 Å². The van der Waals surface area contributed by atoms with Crippen LogP contribution in [-0.4, -0.2) is 6.88 Å². The Hall–Kier alpha value is -2.22. The van der Waals surface area contributed by atoms with Crippen molar-refractivity contribution in [2.45, 2.75) is 75.2 Å². The van der Waals surface area contributed by atoms with Crippen LogP contribution in [0.5, 0.6) is 0 Å². The summed E-state index contributed by atoms with van der Waals surface area (Å²) in [5.41, 5.74) is 17.8. The summed E-state index contributed by atoms with van der Waals surface area (Å²) >= 11 is 1.36. The molecule has 0 spiro atoms. The molecule has 6 aromatic rings. The first-order chi connectivity index (χ1) is 20.4. The second-order valence-corrected chi connectivity index (χ2v) is 12.6. The van der Waals surface area contributed by atoms with Crippen LogP contribution < -0.4 is 0 Å². The third-order valence-electron chi connectivity index (χ3n) is 8.58.